The Kier molecular flexibility index (Phi) is 8.98. The number of ether oxygens (including phenoxy) is 1. The summed E-state index contributed by atoms with van der Waals surface area (Å²) in [7, 11) is 1.38. The quantitative estimate of drug-likeness (QED) is 0.196. The van der Waals surface area contributed by atoms with Crippen molar-refractivity contribution in [1.82, 2.24) is 9.97 Å². The standard InChI is InChI=1S/C21H25Cl2N3O2S2/c1-28-20(27)17-18(24-11-13-6-4-3-5-7-13)25-21(29-2)26-19(17)30-12-14-8-9-15(22)10-16(14)23/h8-10,13H,3-7,11-12H2,1-2H3,(H,24,25,26). The molecule has 9 heteroatoms. The Balaban J connectivity index is 1.86. The molecular formula is C21H25Cl2N3O2S2. The largest absolute Gasteiger partial charge is 0.465 e. The minimum Gasteiger partial charge on any atom is -0.465 e. The van der Waals surface area contributed by atoms with Gasteiger partial charge >= 0.3 is 5.97 Å². The molecule has 0 unspecified atom stereocenters. The maximum Gasteiger partial charge on any atom is 0.344 e. The highest BCUT2D eigenvalue weighted by molar-refractivity contribution is 7.99. The first-order valence-electron chi connectivity index (χ1n) is 9.86. The van der Waals surface area contributed by atoms with Crippen LogP contribution in [0.15, 0.2) is 28.4 Å². The van der Waals surface area contributed by atoms with Crippen LogP contribution in [0.5, 0.6) is 0 Å². The van der Waals surface area contributed by atoms with E-state index in [9.17, 15) is 4.79 Å². The molecule has 3 rings (SSSR count). The molecular weight excluding hydrogens is 461 g/mol. The first kappa shape index (κ1) is 23.5. The molecule has 1 aliphatic carbocycles. The van der Waals surface area contributed by atoms with E-state index in [0.29, 0.717) is 43.3 Å². The molecule has 0 atom stereocenters. The van der Waals surface area contributed by atoms with E-state index in [4.69, 9.17) is 27.9 Å². The fourth-order valence-corrected chi connectivity index (χ4v) is 5.44. The lowest BCUT2D eigenvalue weighted by molar-refractivity contribution is 0.0596. The normalized spacial score (nSPS) is 14.5. The molecule has 1 N–H and O–H groups in total. The summed E-state index contributed by atoms with van der Waals surface area (Å²) >= 11 is 15.2. The van der Waals surface area contributed by atoms with Gasteiger partial charge in [0.2, 0.25) is 0 Å². The maximum absolute atomic E-state index is 12.6. The number of rotatable bonds is 8. The Hall–Kier alpha value is -1.15. The number of anilines is 1. The van der Waals surface area contributed by atoms with Crippen molar-refractivity contribution < 1.29 is 9.53 Å². The third-order valence-electron chi connectivity index (χ3n) is 5.09. The molecule has 1 saturated carbocycles. The number of nitrogens with one attached hydrogen (secondary N) is 1. The fraction of sp³-hybridized carbons (Fsp3) is 0.476. The Bertz CT molecular complexity index is 893. The number of carbonyl (C=O) groups is 1. The van der Waals surface area contributed by atoms with Crippen molar-refractivity contribution in [3.63, 3.8) is 0 Å². The van der Waals surface area contributed by atoms with Crippen LogP contribution in [0.4, 0.5) is 5.82 Å². The second kappa shape index (κ2) is 11.5. The molecule has 0 radical (unpaired) electrons. The number of halogens is 2. The Morgan fingerprint density at radius 3 is 2.67 bits per heavy atom. The molecule has 5 nitrogen and oxygen atoms in total. The maximum atomic E-state index is 12.6. The lowest BCUT2D eigenvalue weighted by Crippen LogP contribution is -2.20. The van der Waals surface area contributed by atoms with Gasteiger partial charge in [-0.2, -0.15) is 0 Å². The summed E-state index contributed by atoms with van der Waals surface area (Å²) in [6, 6.07) is 5.40. The summed E-state index contributed by atoms with van der Waals surface area (Å²) in [5, 5.41) is 5.78. The topological polar surface area (TPSA) is 64.1 Å². The molecule has 0 saturated heterocycles. The van der Waals surface area contributed by atoms with Gasteiger partial charge < -0.3 is 10.1 Å². The van der Waals surface area contributed by atoms with Gasteiger partial charge in [0.25, 0.3) is 0 Å². The molecule has 2 aromatic rings. The number of nitrogens with zero attached hydrogens (tertiary/aromatic N) is 2. The van der Waals surface area contributed by atoms with Crippen LogP contribution < -0.4 is 5.32 Å². The summed E-state index contributed by atoms with van der Waals surface area (Å²) in [6.07, 6.45) is 8.16. The van der Waals surface area contributed by atoms with Crippen LogP contribution in [0.25, 0.3) is 0 Å². The van der Waals surface area contributed by atoms with Crippen LogP contribution >= 0.6 is 46.7 Å². The van der Waals surface area contributed by atoms with Gasteiger partial charge in [-0.3, -0.25) is 0 Å². The minimum absolute atomic E-state index is 0.376. The minimum atomic E-state index is -0.446. The van der Waals surface area contributed by atoms with Gasteiger partial charge in [0.1, 0.15) is 16.4 Å². The van der Waals surface area contributed by atoms with Crippen LogP contribution in [0.1, 0.15) is 48.0 Å². The van der Waals surface area contributed by atoms with Crippen molar-refractivity contribution in [3.05, 3.63) is 39.4 Å². The van der Waals surface area contributed by atoms with Crippen molar-refractivity contribution in [2.75, 3.05) is 25.2 Å². The molecule has 162 valence electrons. The highest BCUT2D eigenvalue weighted by atomic mass is 35.5. The van der Waals surface area contributed by atoms with Gasteiger partial charge in [-0.1, -0.05) is 60.3 Å². The molecule has 1 fully saturated rings. The average Bonchev–Trinajstić information content (AvgIpc) is 2.76. The first-order valence-corrected chi connectivity index (χ1v) is 12.8. The highest BCUT2D eigenvalue weighted by Crippen LogP contribution is 2.34. The number of carbonyl (C=O) groups excluding carboxylic acids is 1. The average molecular weight is 486 g/mol. The number of esters is 1. The zero-order chi connectivity index (χ0) is 21.5. The van der Waals surface area contributed by atoms with E-state index in [0.717, 1.165) is 12.1 Å². The van der Waals surface area contributed by atoms with Gasteiger partial charge in [-0.25, -0.2) is 14.8 Å². The summed E-state index contributed by atoms with van der Waals surface area (Å²) in [5.74, 6) is 1.24. The Labute approximate surface area is 196 Å². The van der Waals surface area contributed by atoms with Crippen molar-refractivity contribution in [2.24, 2.45) is 5.92 Å². The number of aromatic nitrogens is 2. The lowest BCUT2D eigenvalue weighted by atomic mass is 9.89. The Morgan fingerprint density at radius 2 is 2.00 bits per heavy atom. The molecule has 1 aliphatic rings. The Morgan fingerprint density at radius 1 is 1.23 bits per heavy atom. The number of methoxy groups -OCH3 is 1. The summed E-state index contributed by atoms with van der Waals surface area (Å²) in [4.78, 5) is 21.8. The van der Waals surface area contributed by atoms with Gasteiger partial charge in [0, 0.05) is 22.3 Å². The number of benzene rings is 1. The van der Waals surface area contributed by atoms with Crippen molar-refractivity contribution in [1.29, 1.82) is 0 Å². The molecule has 0 spiro atoms. The van der Waals surface area contributed by atoms with Gasteiger partial charge in [0.15, 0.2) is 5.16 Å². The van der Waals surface area contributed by atoms with Crippen LogP contribution in [-0.2, 0) is 10.5 Å². The van der Waals surface area contributed by atoms with Crippen LogP contribution in [-0.4, -0.2) is 35.8 Å². The van der Waals surface area contributed by atoms with Gasteiger partial charge in [-0.15, -0.1) is 11.8 Å². The smallest absolute Gasteiger partial charge is 0.344 e. The monoisotopic (exact) mass is 485 g/mol. The summed E-state index contributed by atoms with van der Waals surface area (Å²) < 4.78 is 5.05. The molecule has 1 aromatic heterocycles. The molecule has 30 heavy (non-hydrogen) atoms. The number of hydrogen-bond acceptors (Lipinski definition) is 7. The van der Waals surface area contributed by atoms with E-state index in [1.54, 1.807) is 12.1 Å². The second-order valence-corrected chi connectivity index (χ2v) is 9.72. The SMILES string of the molecule is COC(=O)c1c(NCC2CCCCC2)nc(SC)nc1SCc1ccc(Cl)cc1Cl. The fourth-order valence-electron chi connectivity index (χ4n) is 3.45. The molecule has 0 aliphatic heterocycles. The zero-order valence-electron chi connectivity index (χ0n) is 17.0. The third kappa shape index (κ3) is 6.19. The highest BCUT2D eigenvalue weighted by Gasteiger charge is 2.23. The second-order valence-electron chi connectivity index (χ2n) is 7.14. The van der Waals surface area contributed by atoms with Crippen molar-refractivity contribution in [2.45, 2.75) is 48.0 Å². The van der Waals surface area contributed by atoms with E-state index in [1.807, 2.05) is 12.3 Å². The predicted molar refractivity (Wildman–Crippen MR) is 126 cm³/mol. The molecule has 1 aromatic carbocycles. The van der Waals surface area contributed by atoms with E-state index in [2.05, 4.69) is 15.3 Å². The van der Waals surface area contributed by atoms with Crippen molar-refractivity contribution in [3.8, 4) is 0 Å². The van der Waals surface area contributed by atoms with Crippen LogP contribution in [0, 0.1) is 5.92 Å². The van der Waals surface area contributed by atoms with Crippen LogP contribution in [0.2, 0.25) is 10.0 Å². The summed E-state index contributed by atoms with van der Waals surface area (Å²) in [6.45, 7) is 0.794. The third-order valence-corrected chi connectivity index (χ3v) is 7.25. The first-order chi connectivity index (χ1) is 14.5. The van der Waals surface area contributed by atoms with E-state index in [1.165, 1.54) is 62.7 Å². The van der Waals surface area contributed by atoms with E-state index >= 15 is 0 Å². The summed E-state index contributed by atoms with van der Waals surface area (Å²) in [5.41, 5.74) is 1.30. The predicted octanol–water partition coefficient (Wildman–Crippen LogP) is 6.58. The molecule has 0 bridgehead atoms. The van der Waals surface area contributed by atoms with E-state index < -0.39 is 5.97 Å². The van der Waals surface area contributed by atoms with E-state index in [-0.39, 0.29) is 0 Å². The zero-order valence-corrected chi connectivity index (χ0v) is 20.2. The van der Waals surface area contributed by atoms with Crippen molar-refractivity contribution >= 4 is 58.5 Å². The molecule has 1 heterocycles. The number of thioether (sulfide) groups is 2. The van der Waals surface area contributed by atoms with Crippen LogP contribution in [0.3, 0.4) is 0 Å². The number of hydrogen-bond donors (Lipinski definition) is 1. The van der Waals surface area contributed by atoms with Gasteiger partial charge in [0.05, 0.1) is 7.11 Å². The van der Waals surface area contributed by atoms with Gasteiger partial charge in [-0.05, 0) is 42.7 Å². The molecule has 0 amide bonds. The lowest BCUT2D eigenvalue weighted by Gasteiger charge is -2.23.